The quantitative estimate of drug-likeness (QED) is 0.743. The zero-order valence-corrected chi connectivity index (χ0v) is 13.3. The zero-order valence-electron chi connectivity index (χ0n) is 13.3. The van der Waals surface area contributed by atoms with E-state index in [1.807, 2.05) is 27.7 Å². The van der Waals surface area contributed by atoms with Gasteiger partial charge < -0.3 is 14.8 Å². The third kappa shape index (κ3) is 6.87. The molecule has 0 aliphatic carbocycles. The van der Waals surface area contributed by atoms with E-state index in [1.165, 1.54) is 12.1 Å². The third-order valence-electron chi connectivity index (χ3n) is 2.76. The van der Waals surface area contributed by atoms with Crippen molar-refractivity contribution in [1.29, 1.82) is 0 Å². The van der Waals surface area contributed by atoms with E-state index in [0.29, 0.717) is 31.7 Å². The predicted octanol–water partition coefficient (Wildman–Crippen LogP) is 3.66. The van der Waals surface area contributed by atoms with Crippen molar-refractivity contribution in [3.63, 3.8) is 0 Å². The lowest BCUT2D eigenvalue weighted by Crippen LogP contribution is -2.35. The fourth-order valence-corrected chi connectivity index (χ4v) is 1.70. The van der Waals surface area contributed by atoms with Crippen LogP contribution in [-0.4, -0.2) is 25.4 Å². The average Bonchev–Trinajstić information content (AvgIpc) is 2.38. The summed E-state index contributed by atoms with van der Waals surface area (Å²) in [4.78, 5) is 0. The van der Waals surface area contributed by atoms with Crippen molar-refractivity contribution in [3.8, 4) is 5.75 Å². The molecule has 3 nitrogen and oxygen atoms in total. The van der Waals surface area contributed by atoms with Gasteiger partial charge in [-0.2, -0.15) is 0 Å². The molecular formula is C16H25F2NO2. The highest BCUT2D eigenvalue weighted by Gasteiger charge is 2.14. The van der Waals surface area contributed by atoms with E-state index in [0.717, 1.165) is 0 Å². The average molecular weight is 301 g/mol. The summed E-state index contributed by atoms with van der Waals surface area (Å²) in [6.45, 7) is 9.66. The summed E-state index contributed by atoms with van der Waals surface area (Å²) >= 11 is 0. The Labute approximate surface area is 125 Å². The molecule has 0 bridgehead atoms. The van der Waals surface area contributed by atoms with Gasteiger partial charge in [0.15, 0.2) is 17.4 Å². The van der Waals surface area contributed by atoms with Crippen LogP contribution in [0.5, 0.6) is 5.75 Å². The molecule has 0 atom stereocenters. The van der Waals surface area contributed by atoms with E-state index in [1.54, 1.807) is 0 Å². The number of benzene rings is 1. The maximum Gasteiger partial charge on any atom is 0.190 e. The van der Waals surface area contributed by atoms with Crippen LogP contribution in [0.2, 0.25) is 0 Å². The van der Waals surface area contributed by atoms with Gasteiger partial charge in [-0.05, 0) is 45.4 Å². The fourth-order valence-electron chi connectivity index (χ4n) is 1.70. The molecule has 0 unspecified atom stereocenters. The lowest BCUT2D eigenvalue weighted by atomic mass is 10.1. The van der Waals surface area contributed by atoms with Gasteiger partial charge in [-0.25, -0.2) is 8.78 Å². The van der Waals surface area contributed by atoms with Crippen molar-refractivity contribution in [2.45, 2.75) is 46.2 Å². The van der Waals surface area contributed by atoms with Crippen molar-refractivity contribution in [1.82, 2.24) is 5.32 Å². The molecule has 1 aromatic carbocycles. The smallest absolute Gasteiger partial charge is 0.190 e. The van der Waals surface area contributed by atoms with Gasteiger partial charge >= 0.3 is 0 Å². The summed E-state index contributed by atoms with van der Waals surface area (Å²) in [5, 5.41) is 3.19. The van der Waals surface area contributed by atoms with Crippen LogP contribution in [0.3, 0.4) is 0 Å². The maximum atomic E-state index is 13.9. The minimum Gasteiger partial charge on any atom is -0.488 e. The molecule has 0 heterocycles. The largest absolute Gasteiger partial charge is 0.488 e. The van der Waals surface area contributed by atoms with Crippen molar-refractivity contribution in [3.05, 3.63) is 29.3 Å². The number of halogens is 2. The first-order valence-corrected chi connectivity index (χ1v) is 7.27. The number of rotatable bonds is 8. The second kappa shape index (κ2) is 8.29. The first-order chi connectivity index (χ1) is 9.83. The number of hydrogen-bond acceptors (Lipinski definition) is 3. The lowest BCUT2D eigenvalue weighted by molar-refractivity contribution is 0.129. The van der Waals surface area contributed by atoms with Crippen LogP contribution in [0.4, 0.5) is 8.78 Å². The zero-order chi connectivity index (χ0) is 15.9. The van der Waals surface area contributed by atoms with E-state index in [-0.39, 0.29) is 17.9 Å². The summed E-state index contributed by atoms with van der Waals surface area (Å²) in [6.07, 6.45) is 0.597. The Hall–Kier alpha value is -1.20. The summed E-state index contributed by atoms with van der Waals surface area (Å²) in [7, 11) is 0. The van der Waals surface area contributed by atoms with E-state index in [4.69, 9.17) is 9.47 Å². The molecule has 1 N–H and O–H groups in total. The predicted molar refractivity (Wildman–Crippen MR) is 79.6 cm³/mol. The molecule has 0 radical (unpaired) electrons. The topological polar surface area (TPSA) is 30.5 Å². The Morgan fingerprint density at radius 2 is 1.71 bits per heavy atom. The minimum absolute atomic E-state index is 0.110. The maximum absolute atomic E-state index is 13.9. The van der Waals surface area contributed by atoms with Crippen LogP contribution in [0.1, 0.15) is 39.7 Å². The van der Waals surface area contributed by atoms with Crippen molar-refractivity contribution in [2.75, 3.05) is 19.8 Å². The molecule has 1 aromatic rings. The van der Waals surface area contributed by atoms with E-state index in [2.05, 4.69) is 5.32 Å². The highest BCUT2D eigenvalue weighted by Crippen LogP contribution is 2.23. The van der Waals surface area contributed by atoms with Crippen LogP contribution in [0.25, 0.3) is 0 Å². The molecular weight excluding hydrogens is 276 g/mol. The van der Waals surface area contributed by atoms with Gasteiger partial charge in [0, 0.05) is 31.7 Å². The van der Waals surface area contributed by atoms with Crippen LogP contribution in [0.15, 0.2) is 12.1 Å². The van der Waals surface area contributed by atoms with Crippen LogP contribution in [0, 0.1) is 11.6 Å². The molecule has 120 valence electrons. The highest BCUT2D eigenvalue weighted by atomic mass is 19.1. The van der Waals surface area contributed by atoms with Gasteiger partial charge in [-0.1, -0.05) is 0 Å². The van der Waals surface area contributed by atoms with Crippen LogP contribution >= 0.6 is 0 Å². The molecule has 0 saturated heterocycles. The molecule has 0 aliphatic heterocycles. The Morgan fingerprint density at radius 3 is 2.24 bits per heavy atom. The first kappa shape index (κ1) is 17.9. The SMILES string of the molecule is CCOCCCOc1c(F)cc(CNC(C)(C)C)cc1F. The second-order valence-corrected chi connectivity index (χ2v) is 5.89. The number of nitrogens with one attached hydrogen (secondary N) is 1. The molecule has 21 heavy (non-hydrogen) atoms. The van der Waals surface area contributed by atoms with Crippen LogP contribution in [-0.2, 0) is 11.3 Å². The Morgan fingerprint density at radius 1 is 1.10 bits per heavy atom. The third-order valence-corrected chi connectivity index (χ3v) is 2.76. The van der Waals surface area contributed by atoms with Gasteiger partial charge in [-0.3, -0.25) is 0 Å². The minimum atomic E-state index is -0.669. The summed E-state index contributed by atoms with van der Waals surface area (Å²) in [6, 6.07) is 2.61. The van der Waals surface area contributed by atoms with E-state index >= 15 is 0 Å². The van der Waals surface area contributed by atoms with Crippen molar-refractivity contribution in [2.24, 2.45) is 0 Å². The normalized spacial score (nSPS) is 11.7. The highest BCUT2D eigenvalue weighted by molar-refractivity contribution is 5.31. The Bertz CT molecular complexity index is 421. The molecule has 0 saturated carbocycles. The van der Waals surface area contributed by atoms with Crippen LogP contribution < -0.4 is 10.1 Å². The molecule has 0 aliphatic rings. The Kier molecular flexibility index (Phi) is 7.05. The summed E-state index contributed by atoms with van der Waals surface area (Å²) < 4.78 is 38.1. The Balaban J connectivity index is 2.58. The molecule has 0 amide bonds. The monoisotopic (exact) mass is 301 g/mol. The first-order valence-electron chi connectivity index (χ1n) is 7.27. The van der Waals surface area contributed by atoms with Crippen molar-refractivity contribution >= 4 is 0 Å². The molecule has 5 heteroatoms. The van der Waals surface area contributed by atoms with Gasteiger partial charge in [0.2, 0.25) is 0 Å². The van der Waals surface area contributed by atoms with Crippen molar-refractivity contribution < 1.29 is 18.3 Å². The fraction of sp³-hybridized carbons (Fsp3) is 0.625. The number of hydrogen-bond donors (Lipinski definition) is 1. The van der Waals surface area contributed by atoms with Gasteiger partial charge in [-0.15, -0.1) is 0 Å². The van der Waals surface area contributed by atoms with Gasteiger partial charge in [0.05, 0.1) is 6.61 Å². The van der Waals surface area contributed by atoms with Gasteiger partial charge in [0.1, 0.15) is 0 Å². The van der Waals surface area contributed by atoms with E-state index in [9.17, 15) is 8.78 Å². The lowest BCUT2D eigenvalue weighted by Gasteiger charge is -2.20. The summed E-state index contributed by atoms with van der Waals surface area (Å²) in [5.74, 6) is -1.65. The van der Waals surface area contributed by atoms with Gasteiger partial charge in [0.25, 0.3) is 0 Å². The second-order valence-electron chi connectivity index (χ2n) is 5.89. The molecule has 0 spiro atoms. The van der Waals surface area contributed by atoms with E-state index < -0.39 is 11.6 Å². The molecule has 1 rings (SSSR count). The molecule has 0 fully saturated rings. The summed E-state index contributed by atoms with van der Waals surface area (Å²) in [5.41, 5.74) is 0.447. The molecule has 0 aromatic heterocycles. The standard InChI is InChI=1S/C16H25F2NO2/c1-5-20-7-6-8-21-15-13(17)9-12(10-14(15)18)11-19-16(2,3)4/h9-10,19H,5-8,11H2,1-4H3. The number of ether oxygens (including phenoxy) is 2.